The quantitative estimate of drug-likeness (QED) is 0.662. The van der Waals surface area contributed by atoms with Gasteiger partial charge in [0.25, 0.3) is 0 Å². The third-order valence-electron chi connectivity index (χ3n) is 1.18. The van der Waals surface area contributed by atoms with Crippen LogP contribution in [-0.2, 0) is 14.8 Å². The summed E-state index contributed by atoms with van der Waals surface area (Å²) in [7, 11) is 1.50. The Balaban J connectivity index is 2.89. The van der Waals surface area contributed by atoms with E-state index in [1.807, 2.05) is 0 Å². The van der Waals surface area contributed by atoms with Crippen LogP contribution in [0.25, 0.3) is 0 Å². The second kappa shape index (κ2) is 2.83. The van der Waals surface area contributed by atoms with Crippen molar-refractivity contribution in [3.05, 3.63) is 17.5 Å². The molecule has 0 spiro atoms. The van der Waals surface area contributed by atoms with Gasteiger partial charge in [0.1, 0.15) is 5.76 Å². The molecular weight excluding hydrogens is 190 g/mol. The highest BCUT2D eigenvalue weighted by atomic mass is 35.7. The van der Waals surface area contributed by atoms with Gasteiger partial charge in [-0.15, -0.1) is 0 Å². The number of halogens is 1. The maximum Gasteiger partial charge on any atom is 0.236 e. The molecule has 4 nitrogen and oxygen atoms in total. The van der Waals surface area contributed by atoms with E-state index >= 15 is 0 Å². The van der Waals surface area contributed by atoms with E-state index in [2.05, 4.69) is 9.68 Å². The highest BCUT2D eigenvalue weighted by Crippen LogP contribution is 2.12. The molecule has 62 valence electrons. The first-order valence-corrected chi connectivity index (χ1v) is 5.29. The Morgan fingerprint density at radius 1 is 1.73 bits per heavy atom. The normalized spacial score (nSPS) is 11.8. The first kappa shape index (κ1) is 8.55. The molecule has 0 atom stereocenters. The molecule has 1 aromatic heterocycles. The monoisotopic (exact) mass is 195 g/mol. The van der Waals surface area contributed by atoms with Gasteiger partial charge in [-0.1, -0.05) is 5.16 Å². The molecule has 1 rings (SSSR count). The van der Waals surface area contributed by atoms with Crippen LogP contribution < -0.4 is 0 Å². The van der Waals surface area contributed by atoms with Crippen molar-refractivity contribution in [2.45, 2.75) is 12.7 Å². The lowest BCUT2D eigenvalue weighted by Crippen LogP contribution is -1.94. The lowest BCUT2D eigenvalue weighted by molar-refractivity contribution is 0.396. The summed E-state index contributed by atoms with van der Waals surface area (Å²) < 4.78 is 25.7. The fourth-order valence-corrected chi connectivity index (χ4v) is 1.65. The van der Waals surface area contributed by atoms with Crippen molar-refractivity contribution in [2.75, 3.05) is 0 Å². The van der Waals surface area contributed by atoms with Gasteiger partial charge in [0.05, 0.1) is 11.9 Å². The summed E-state index contributed by atoms with van der Waals surface area (Å²) in [5.74, 6) is 0.249. The summed E-state index contributed by atoms with van der Waals surface area (Å²) in [6.45, 7) is 1.63. The third-order valence-corrected chi connectivity index (χ3v) is 2.16. The standard InChI is InChI=1S/C5H6ClNO3S/c1-4-5(2-7-10-4)3-11(6,8)9/h2H,3H2,1H3. The Hall–Kier alpha value is -0.550. The van der Waals surface area contributed by atoms with Crippen molar-refractivity contribution in [2.24, 2.45) is 0 Å². The fourth-order valence-electron chi connectivity index (χ4n) is 0.643. The largest absolute Gasteiger partial charge is 0.361 e. The van der Waals surface area contributed by atoms with Gasteiger partial charge in [0.2, 0.25) is 9.05 Å². The van der Waals surface area contributed by atoms with E-state index in [4.69, 9.17) is 10.7 Å². The first-order valence-electron chi connectivity index (χ1n) is 2.81. The molecule has 1 aromatic rings. The molecule has 0 amide bonds. The Bertz CT molecular complexity index is 342. The highest BCUT2D eigenvalue weighted by molar-refractivity contribution is 8.13. The Morgan fingerprint density at radius 2 is 2.36 bits per heavy atom. The second-order valence-corrected chi connectivity index (χ2v) is 4.87. The van der Waals surface area contributed by atoms with Crippen molar-refractivity contribution in [1.82, 2.24) is 5.16 Å². The lowest BCUT2D eigenvalue weighted by Gasteiger charge is -1.90. The van der Waals surface area contributed by atoms with E-state index in [-0.39, 0.29) is 5.75 Å². The molecule has 0 saturated heterocycles. The molecule has 0 aliphatic heterocycles. The van der Waals surface area contributed by atoms with Crippen LogP contribution >= 0.6 is 10.7 Å². The van der Waals surface area contributed by atoms with Crippen LogP contribution in [0.4, 0.5) is 0 Å². The van der Waals surface area contributed by atoms with E-state index in [9.17, 15) is 8.42 Å². The van der Waals surface area contributed by atoms with Crippen molar-refractivity contribution >= 4 is 19.7 Å². The number of aromatic nitrogens is 1. The van der Waals surface area contributed by atoms with Crippen molar-refractivity contribution < 1.29 is 12.9 Å². The van der Waals surface area contributed by atoms with Crippen LogP contribution in [0.5, 0.6) is 0 Å². The van der Waals surface area contributed by atoms with E-state index in [0.717, 1.165) is 0 Å². The maximum atomic E-state index is 10.5. The molecule has 0 radical (unpaired) electrons. The minimum Gasteiger partial charge on any atom is -0.361 e. The number of nitrogens with zero attached hydrogens (tertiary/aromatic N) is 1. The summed E-state index contributed by atoms with van der Waals surface area (Å²) in [6, 6.07) is 0. The minimum atomic E-state index is -3.50. The predicted molar refractivity (Wildman–Crippen MR) is 39.7 cm³/mol. The summed E-state index contributed by atoms with van der Waals surface area (Å²) in [5.41, 5.74) is 0.500. The zero-order valence-corrected chi connectivity index (χ0v) is 7.32. The van der Waals surface area contributed by atoms with Crippen LogP contribution in [0.3, 0.4) is 0 Å². The van der Waals surface area contributed by atoms with Crippen molar-refractivity contribution in [3.8, 4) is 0 Å². The maximum absolute atomic E-state index is 10.5. The van der Waals surface area contributed by atoms with Gasteiger partial charge in [-0.3, -0.25) is 0 Å². The molecule has 6 heteroatoms. The molecule has 1 heterocycles. The zero-order valence-electron chi connectivity index (χ0n) is 5.74. The van der Waals surface area contributed by atoms with Gasteiger partial charge in [-0.2, -0.15) is 0 Å². The molecule has 0 bridgehead atoms. The number of rotatable bonds is 2. The van der Waals surface area contributed by atoms with Crippen LogP contribution in [-0.4, -0.2) is 13.6 Å². The first-order chi connectivity index (χ1) is 4.99. The number of hydrogen-bond acceptors (Lipinski definition) is 4. The topological polar surface area (TPSA) is 60.2 Å². The van der Waals surface area contributed by atoms with Gasteiger partial charge in [0.15, 0.2) is 0 Å². The van der Waals surface area contributed by atoms with Crippen LogP contribution in [0.15, 0.2) is 10.7 Å². The molecule has 0 unspecified atom stereocenters. The van der Waals surface area contributed by atoms with Crippen molar-refractivity contribution in [3.63, 3.8) is 0 Å². The predicted octanol–water partition coefficient (Wildman–Crippen LogP) is 1.05. The van der Waals surface area contributed by atoms with Crippen molar-refractivity contribution in [1.29, 1.82) is 0 Å². The van der Waals surface area contributed by atoms with E-state index in [1.54, 1.807) is 6.92 Å². The fraction of sp³-hybridized carbons (Fsp3) is 0.400. The average molecular weight is 196 g/mol. The number of aryl methyl sites for hydroxylation is 1. The van der Waals surface area contributed by atoms with E-state index in [1.165, 1.54) is 6.20 Å². The summed E-state index contributed by atoms with van der Waals surface area (Å²) in [5, 5.41) is 3.41. The second-order valence-electron chi connectivity index (χ2n) is 2.09. The molecule has 11 heavy (non-hydrogen) atoms. The molecule has 0 fully saturated rings. The van der Waals surface area contributed by atoms with Gasteiger partial charge in [0, 0.05) is 16.2 Å². The smallest absolute Gasteiger partial charge is 0.236 e. The number of hydrogen-bond donors (Lipinski definition) is 0. The molecule has 0 saturated carbocycles. The van der Waals surface area contributed by atoms with Gasteiger partial charge in [-0.25, -0.2) is 8.42 Å². The molecule has 0 N–H and O–H groups in total. The zero-order chi connectivity index (χ0) is 8.48. The average Bonchev–Trinajstić information content (AvgIpc) is 2.12. The Morgan fingerprint density at radius 3 is 2.73 bits per heavy atom. The van der Waals surface area contributed by atoms with Crippen LogP contribution in [0.1, 0.15) is 11.3 Å². The lowest BCUT2D eigenvalue weighted by atomic mass is 10.3. The molecule has 0 aliphatic rings. The van der Waals surface area contributed by atoms with Gasteiger partial charge in [-0.05, 0) is 6.92 Å². The van der Waals surface area contributed by atoms with Gasteiger partial charge >= 0.3 is 0 Å². The molecule has 0 aliphatic carbocycles. The summed E-state index contributed by atoms with van der Waals surface area (Å²) in [6.07, 6.45) is 1.34. The summed E-state index contributed by atoms with van der Waals surface area (Å²) in [4.78, 5) is 0. The van der Waals surface area contributed by atoms with Crippen LogP contribution in [0.2, 0.25) is 0 Å². The highest BCUT2D eigenvalue weighted by Gasteiger charge is 2.11. The molecule has 0 aromatic carbocycles. The Labute approximate surface area is 68.6 Å². The minimum absolute atomic E-state index is 0.232. The van der Waals surface area contributed by atoms with Crippen LogP contribution in [0, 0.1) is 6.92 Å². The Kier molecular flexibility index (Phi) is 2.20. The SMILES string of the molecule is Cc1oncc1CS(=O)(=O)Cl. The third kappa shape index (κ3) is 2.51. The van der Waals surface area contributed by atoms with Gasteiger partial charge < -0.3 is 4.52 Å². The van der Waals surface area contributed by atoms with E-state index < -0.39 is 9.05 Å². The van der Waals surface area contributed by atoms with E-state index in [0.29, 0.717) is 11.3 Å². The summed E-state index contributed by atoms with van der Waals surface area (Å²) >= 11 is 0. The molecular formula is C5H6ClNO3S.